The van der Waals surface area contributed by atoms with E-state index in [0.717, 1.165) is 0 Å². The van der Waals surface area contributed by atoms with Gasteiger partial charge in [-0.1, -0.05) is 17.7 Å². The number of hydrogen-bond donors (Lipinski definition) is 2. The smallest absolute Gasteiger partial charge is 0.405 e. The molecule has 0 atom stereocenters. The summed E-state index contributed by atoms with van der Waals surface area (Å²) in [6.07, 6.45) is -4.74. The van der Waals surface area contributed by atoms with Crippen molar-refractivity contribution in [1.29, 1.82) is 0 Å². The van der Waals surface area contributed by atoms with Crippen molar-refractivity contribution < 1.29 is 17.9 Å². The second-order valence-corrected chi connectivity index (χ2v) is 5.28. The second kappa shape index (κ2) is 6.03. The summed E-state index contributed by atoms with van der Waals surface area (Å²) >= 11 is 8.91. The van der Waals surface area contributed by atoms with Gasteiger partial charge >= 0.3 is 6.36 Å². The van der Waals surface area contributed by atoms with Crippen LogP contribution < -0.4 is 15.8 Å². The minimum Gasteiger partial charge on any atom is -0.405 e. The number of alkyl halides is 3. The highest BCUT2D eigenvalue weighted by molar-refractivity contribution is 9.10. The molecule has 0 spiro atoms. The molecule has 0 radical (unpaired) electrons. The van der Waals surface area contributed by atoms with Gasteiger partial charge in [-0.25, -0.2) is 0 Å². The van der Waals surface area contributed by atoms with Crippen LogP contribution in [0.4, 0.5) is 30.2 Å². The van der Waals surface area contributed by atoms with E-state index in [1.807, 2.05) is 0 Å². The van der Waals surface area contributed by atoms with Gasteiger partial charge in [-0.05, 0) is 46.3 Å². The van der Waals surface area contributed by atoms with Crippen LogP contribution in [0.1, 0.15) is 0 Å². The molecule has 0 unspecified atom stereocenters. The first-order chi connectivity index (χ1) is 9.76. The highest BCUT2D eigenvalue weighted by atomic mass is 79.9. The summed E-state index contributed by atoms with van der Waals surface area (Å²) in [4.78, 5) is 0. The minimum absolute atomic E-state index is 0.158. The Kier molecular flexibility index (Phi) is 4.53. The third-order valence-corrected chi connectivity index (χ3v) is 3.44. The van der Waals surface area contributed by atoms with Crippen LogP contribution in [-0.2, 0) is 0 Å². The minimum atomic E-state index is -4.74. The molecular weight excluding hydrogens is 373 g/mol. The number of nitrogen functional groups attached to an aromatic ring is 1. The van der Waals surface area contributed by atoms with Gasteiger partial charge in [-0.3, -0.25) is 0 Å². The maximum Gasteiger partial charge on any atom is 0.573 e. The highest BCUT2D eigenvalue weighted by Crippen LogP contribution is 2.35. The molecule has 0 saturated carbocycles. The molecule has 21 heavy (non-hydrogen) atoms. The largest absolute Gasteiger partial charge is 0.573 e. The van der Waals surface area contributed by atoms with E-state index in [1.165, 1.54) is 18.2 Å². The Morgan fingerprint density at radius 2 is 1.90 bits per heavy atom. The molecular formula is C13H9BrClF3N2O. The van der Waals surface area contributed by atoms with Crippen molar-refractivity contribution in [2.45, 2.75) is 6.36 Å². The van der Waals surface area contributed by atoms with Crippen molar-refractivity contribution in [3.63, 3.8) is 0 Å². The van der Waals surface area contributed by atoms with Gasteiger partial charge < -0.3 is 15.8 Å². The number of nitrogens with one attached hydrogen (secondary N) is 1. The Balaban J connectivity index is 2.23. The van der Waals surface area contributed by atoms with Crippen LogP contribution in [0.2, 0.25) is 5.02 Å². The zero-order valence-corrected chi connectivity index (χ0v) is 12.7. The van der Waals surface area contributed by atoms with Crippen molar-refractivity contribution in [1.82, 2.24) is 0 Å². The van der Waals surface area contributed by atoms with Crippen LogP contribution in [-0.4, -0.2) is 6.36 Å². The summed E-state index contributed by atoms with van der Waals surface area (Å²) in [5, 5.41) is 3.35. The first-order valence-corrected chi connectivity index (χ1v) is 6.79. The van der Waals surface area contributed by atoms with Crippen LogP contribution in [0.25, 0.3) is 0 Å². The topological polar surface area (TPSA) is 47.3 Å². The SMILES string of the molecule is Nc1c(Cl)cccc1Nc1ccc(OC(F)(F)F)c(Br)c1. The summed E-state index contributed by atoms with van der Waals surface area (Å²) in [7, 11) is 0. The van der Waals surface area contributed by atoms with E-state index < -0.39 is 6.36 Å². The average Bonchev–Trinajstić information content (AvgIpc) is 2.37. The number of rotatable bonds is 3. The molecule has 0 bridgehead atoms. The van der Waals surface area contributed by atoms with Crippen LogP contribution in [0.5, 0.6) is 5.75 Å². The van der Waals surface area contributed by atoms with E-state index in [2.05, 4.69) is 26.0 Å². The van der Waals surface area contributed by atoms with Gasteiger partial charge in [-0.2, -0.15) is 0 Å². The first-order valence-electron chi connectivity index (χ1n) is 5.62. The van der Waals surface area contributed by atoms with Crippen LogP contribution >= 0.6 is 27.5 Å². The quantitative estimate of drug-likeness (QED) is 0.707. The zero-order chi connectivity index (χ0) is 15.6. The number of anilines is 3. The third kappa shape index (κ3) is 4.18. The zero-order valence-electron chi connectivity index (χ0n) is 10.3. The summed E-state index contributed by atoms with van der Waals surface area (Å²) in [5.74, 6) is -0.327. The standard InChI is InChI=1S/C13H9BrClF3N2O/c14-8-6-7(4-5-11(8)21-13(16,17)18)20-10-3-1-2-9(15)12(10)19/h1-6,20H,19H2. The molecule has 0 amide bonds. The van der Waals surface area contributed by atoms with Crippen molar-refractivity contribution in [3.05, 3.63) is 45.9 Å². The van der Waals surface area contributed by atoms with Crippen molar-refractivity contribution in [3.8, 4) is 5.75 Å². The molecule has 0 heterocycles. The molecule has 2 aromatic carbocycles. The van der Waals surface area contributed by atoms with Crippen molar-refractivity contribution in [2.24, 2.45) is 0 Å². The predicted molar refractivity (Wildman–Crippen MR) is 80.0 cm³/mol. The fraction of sp³-hybridized carbons (Fsp3) is 0.0769. The maximum atomic E-state index is 12.2. The van der Waals surface area contributed by atoms with Crippen LogP contribution in [0, 0.1) is 0 Å². The molecule has 112 valence electrons. The lowest BCUT2D eigenvalue weighted by Gasteiger charge is -2.13. The van der Waals surface area contributed by atoms with Crippen molar-refractivity contribution in [2.75, 3.05) is 11.1 Å². The van der Waals surface area contributed by atoms with Gasteiger partial charge in [0.05, 0.1) is 20.9 Å². The molecule has 0 fully saturated rings. The molecule has 2 rings (SSSR count). The normalized spacial score (nSPS) is 11.3. The molecule has 0 aromatic heterocycles. The fourth-order valence-electron chi connectivity index (χ4n) is 1.59. The highest BCUT2D eigenvalue weighted by Gasteiger charge is 2.31. The Bertz CT molecular complexity index is 664. The summed E-state index contributed by atoms with van der Waals surface area (Å²) in [6, 6.07) is 9.12. The predicted octanol–water partition coefficient (Wildman–Crippen LogP) is 5.33. The molecule has 0 aliphatic heterocycles. The average molecular weight is 382 g/mol. The lowest BCUT2D eigenvalue weighted by Crippen LogP contribution is -2.17. The van der Waals surface area contributed by atoms with Gasteiger partial charge in [0.25, 0.3) is 0 Å². The lowest BCUT2D eigenvalue weighted by molar-refractivity contribution is -0.274. The molecule has 2 aromatic rings. The molecule has 8 heteroatoms. The maximum absolute atomic E-state index is 12.2. The number of ether oxygens (including phenoxy) is 1. The molecule has 0 aliphatic carbocycles. The number of para-hydroxylation sites is 1. The van der Waals surface area contributed by atoms with E-state index in [1.54, 1.807) is 18.2 Å². The fourth-order valence-corrected chi connectivity index (χ4v) is 2.22. The first kappa shape index (κ1) is 15.8. The molecule has 3 nitrogen and oxygen atoms in total. The molecule has 3 N–H and O–H groups in total. The van der Waals surface area contributed by atoms with Gasteiger partial charge in [0.15, 0.2) is 0 Å². The summed E-state index contributed by atoms with van der Waals surface area (Å²) in [5.41, 5.74) is 7.24. The number of halogens is 5. The van der Waals surface area contributed by atoms with E-state index in [4.69, 9.17) is 17.3 Å². The molecule has 0 aliphatic rings. The Hall–Kier alpha value is -1.60. The van der Waals surface area contributed by atoms with Crippen LogP contribution in [0.15, 0.2) is 40.9 Å². The second-order valence-electron chi connectivity index (χ2n) is 4.02. The number of hydrogen-bond acceptors (Lipinski definition) is 3. The van der Waals surface area contributed by atoms with Crippen molar-refractivity contribution >= 4 is 44.6 Å². The molecule has 0 saturated heterocycles. The van der Waals surface area contributed by atoms with E-state index in [0.29, 0.717) is 22.1 Å². The van der Waals surface area contributed by atoms with E-state index >= 15 is 0 Å². The Morgan fingerprint density at radius 1 is 1.19 bits per heavy atom. The van der Waals surface area contributed by atoms with Gasteiger partial charge in [-0.15, -0.1) is 13.2 Å². The van der Waals surface area contributed by atoms with E-state index in [-0.39, 0.29) is 10.2 Å². The Labute approximate surface area is 132 Å². The van der Waals surface area contributed by atoms with Crippen LogP contribution in [0.3, 0.4) is 0 Å². The number of nitrogens with two attached hydrogens (primary N) is 1. The van der Waals surface area contributed by atoms with Gasteiger partial charge in [0, 0.05) is 5.69 Å². The summed E-state index contributed by atoms with van der Waals surface area (Å²) < 4.78 is 40.5. The number of benzene rings is 2. The lowest BCUT2D eigenvalue weighted by atomic mass is 10.2. The van der Waals surface area contributed by atoms with Gasteiger partial charge in [0.2, 0.25) is 0 Å². The third-order valence-electron chi connectivity index (χ3n) is 2.49. The van der Waals surface area contributed by atoms with Gasteiger partial charge in [0.1, 0.15) is 5.75 Å². The van der Waals surface area contributed by atoms with E-state index in [9.17, 15) is 13.2 Å². The summed E-state index contributed by atoms with van der Waals surface area (Å²) in [6.45, 7) is 0. The monoisotopic (exact) mass is 380 g/mol. The Morgan fingerprint density at radius 3 is 2.52 bits per heavy atom.